The lowest BCUT2D eigenvalue weighted by Crippen LogP contribution is -2.20. The fourth-order valence-corrected chi connectivity index (χ4v) is 3.82. The van der Waals surface area contributed by atoms with Gasteiger partial charge in [-0.3, -0.25) is 9.36 Å². The van der Waals surface area contributed by atoms with E-state index in [0.29, 0.717) is 11.1 Å². The van der Waals surface area contributed by atoms with E-state index in [1.54, 1.807) is 13.0 Å². The number of hydrogen-bond donors (Lipinski definition) is 1. The molecule has 108 valence electrons. The van der Waals surface area contributed by atoms with Crippen molar-refractivity contribution < 1.29 is 4.39 Å². The van der Waals surface area contributed by atoms with Crippen molar-refractivity contribution in [3.63, 3.8) is 0 Å². The molecule has 0 saturated heterocycles. The monoisotopic (exact) mass is 320 g/mol. The Morgan fingerprint density at radius 2 is 1.95 bits per heavy atom. The van der Waals surface area contributed by atoms with Crippen LogP contribution >= 0.6 is 23.6 Å². The minimum atomic E-state index is -0.385. The predicted molar refractivity (Wildman–Crippen MR) is 86.8 cm³/mol. The number of nitrogens with one attached hydrogen (secondary N) is 1. The van der Waals surface area contributed by atoms with E-state index >= 15 is 0 Å². The molecule has 1 N–H and O–H groups in total. The first-order chi connectivity index (χ1) is 9.88. The van der Waals surface area contributed by atoms with Gasteiger partial charge in [0.05, 0.1) is 11.1 Å². The molecule has 3 aromatic rings. The molecule has 0 radical (unpaired) electrons. The molecule has 0 spiro atoms. The van der Waals surface area contributed by atoms with Crippen molar-refractivity contribution >= 4 is 33.8 Å². The van der Waals surface area contributed by atoms with Gasteiger partial charge in [-0.05, 0) is 62.3 Å². The average molecular weight is 320 g/mol. The molecule has 0 aliphatic rings. The molecule has 6 heteroatoms. The van der Waals surface area contributed by atoms with E-state index in [2.05, 4.69) is 4.98 Å². The third-order valence-electron chi connectivity index (χ3n) is 3.51. The summed E-state index contributed by atoms with van der Waals surface area (Å²) in [5.41, 5.74) is 1.92. The summed E-state index contributed by atoms with van der Waals surface area (Å²) in [7, 11) is 0. The zero-order valence-corrected chi connectivity index (χ0v) is 13.4. The van der Waals surface area contributed by atoms with Crippen LogP contribution in [0.3, 0.4) is 0 Å². The third kappa shape index (κ3) is 2.24. The lowest BCUT2D eigenvalue weighted by Gasteiger charge is -2.08. The van der Waals surface area contributed by atoms with Crippen LogP contribution < -0.4 is 5.56 Å². The summed E-state index contributed by atoms with van der Waals surface area (Å²) >= 11 is 6.79. The summed E-state index contributed by atoms with van der Waals surface area (Å²) in [5.74, 6) is -0.385. The van der Waals surface area contributed by atoms with Crippen molar-refractivity contribution in [2.75, 3.05) is 0 Å². The number of halogens is 1. The lowest BCUT2D eigenvalue weighted by molar-refractivity contribution is 0.625. The van der Waals surface area contributed by atoms with E-state index in [1.165, 1.54) is 28.0 Å². The zero-order valence-electron chi connectivity index (χ0n) is 11.8. The number of nitrogens with zero attached hydrogens (tertiary/aromatic N) is 1. The van der Waals surface area contributed by atoms with E-state index in [4.69, 9.17) is 12.2 Å². The molecule has 1 aromatic carbocycles. The SMILES string of the molecule is Cc1cc(F)cc(-n2c(=S)[nH]c3sc(C)c(C)c3c2=O)c1. The Kier molecular flexibility index (Phi) is 3.30. The fraction of sp³-hybridized carbons (Fsp3) is 0.200. The second-order valence-corrected chi connectivity index (χ2v) is 6.66. The molecule has 2 heterocycles. The Labute approximate surface area is 129 Å². The number of rotatable bonds is 1. The molecular weight excluding hydrogens is 307 g/mol. The van der Waals surface area contributed by atoms with Crippen molar-refractivity contribution in [3.05, 3.63) is 55.1 Å². The topological polar surface area (TPSA) is 37.8 Å². The van der Waals surface area contributed by atoms with E-state index in [-0.39, 0.29) is 16.1 Å². The van der Waals surface area contributed by atoms with Crippen LogP contribution in [0.2, 0.25) is 0 Å². The van der Waals surface area contributed by atoms with E-state index in [1.807, 2.05) is 13.8 Å². The molecule has 2 aromatic heterocycles. The summed E-state index contributed by atoms with van der Waals surface area (Å²) < 4.78 is 15.2. The predicted octanol–water partition coefficient (Wildman–Crippen LogP) is 4.17. The van der Waals surface area contributed by atoms with Gasteiger partial charge < -0.3 is 4.98 Å². The molecule has 0 amide bonds. The Bertz CT molecular complexity index is 961. The number of aryl methyl sites for hydroxylation is 3. The largest absolute Gasteiger partial charge is 0.323 e. The molecule has 0 aliphatic carbocycles. The maximum absolute atomic E-state index is 13.6. The van der Waals surface area contributed by atoms with Crippen LogP contribution in [0.4, 0.5) is 4.39 Å². The lowest BCUT2D eigenvalue weighted by atomic mass is 10.2. The Morgan fingerprint density at radius 3 is 2.62 bits per heavy atom. The molecule has 0 bridgehead atoms. The van der Waals surface area contributed by atoms with Crippen LogP contribution in [0.15, 0.2) is 23.0 Å². The first-order valence-corrected chi connectivity index (χ1v) is 7.63. The maximum atomic E-state index is 13.6. The van der Waals surface area contributed by atoms with Crippen LogP contribution in [0.5, 0.6) is 0 Å². The van der Waals surface area contributed by atoms with E-state index in [9.17, 15) is 9.18 Å². The molecule has 3 rings (SSSR count). The summed E-state index contributed by atoms with van der Waals surface area (Å²) in [6, 6.07) is 4.48. The Balaban J connectivity index is 2.45. The van der Waals surface area contributed by atoms with Gasteiger partial charge in [-0.15, -0.1) is 11.3 Å². The highest BCUT2D eigenvalue weighted by Crippen LogP contribution is 2.26. The number of aromatic nitrogens is 2. The molecule has 21 heavy (non-hydrogen) atoms. The first kappa shape index (κ1) is 14.2. The molecule has 3 nitrogen and oxygen atoms in total. The third-order valence-corrected chi connectivity index (χ3v) is 4.92. The van der Waals surface area contributed by atoms with Crippen molar-refractivity contribution in [2.24, 2.45) is 0 Å². The van der Waals surface area contributed by atoms with Gasteiger partial charge in [0.15, 0.2) is 4.77 Å². The van der Waals surface area contributed by atoms with E-state index < -0.39 is 0 Å². The second kappa shape index (κ2) is 4.89. The van der Waals surface area contributed by atoms with Crippen LogP contribution in [0.25, 0.3) is 15.9 Å². The molecule has 0 unspecified atom stereocenters. The van der Waals surface area contributed by atoms with Crippen LogP contribution in [-0.4, -0.2) is 9.55 Å². The summed E-state index contributed by atoms with van der Waals surface area (Å²) in [5, 5.41) is 0.619. The van der Waals surface area contributed by atoms with Gasteiger partial charge in [-0.2, -0.15) is 0 Å². The van der Waals surface area contributed by atoms with Crippen molar-refractivity contribution in [2.45, 2.75) is 20.8 Å². The summed E-state index contributed by atoms with van der Waals surface area (Å²) in [6.07, 6.45) is 0. The van der Waals surface area contributed by atoms with Gasteiger partial charge in [0, 0.05) is 4.88 Å². The van der Waals surface area contributed by atoms with Gasteiger partial charge in [0.1, 0.15) is 10.6 Å². The Morgan fingerprint density at radius 1 is 1.24 bits per heavy atom. The Hall–Kier alpha value is -1.79. The zero-order chi connectivity index (χ0) is 15.3. The average Bonchev–Trinajstić information content (AvgIpc) is 2.63. The fourth-order valence-electron chi connectivity index (χ4n) is 2.41. The normalized spacial score (nSPS) is 11.2. The number of fused-ring (bicyclic) bond motifs is 1. The van der Waals surface area contributed by atoms with Gasteiger partial charge in [-0.1, -0.05) is 0 Å². The smallest absolute Gasteiger partial charge is 0.267 e. The van der Waals surface area contributed by atoms with Crippen molar-refractivity contribution in [1.29, 1.82) is 0 Å². The van der Waals surface area contributed by atoms with Gasteiger partial charge in [-0.25, -0.2) is 4.39 Å². The highest BCUT2D eigenvalue weighted by molar-refractivity contribution is 7.71. The quantitative estimate of drug-likeness (QED) is 0.683. The molecule has 0 fully saturated rings. The van der Waals surface area contributed by atoms with Crippen molar-refractivity contribution in [1.82, 2.24) is 9.55 Å². The van der Waals surface area contributed by atoms with Crippen molar-refractivity contribution in [3.8, 4) is 5.69 Å². The van der Waals surface area contributed by atoms with Crippen LogP contribution in [0.1, 0.15) is 16.0 Å². The van der Waals surface area contributed by atoms with Gasteiger partial charge in [0.2, 0.25) is 0 Å². The summed E-state index contributed by atoms with van der Waals surface area (Å²) in [4.78, 5) is 17.7. The standard InChI is InChI=1S/C15H13FN2OS2/c1-7-4-10(16)6-11(5-7)18-14(19)12-8(2)9(3)21-13(12)17-15(18)20/h4-6H,1-3H3,(H,17,20). The number of aromatic amines is 1. The maximum Gasteiger partial charge on any atom is 0.267 e. The van der Waals surface area contributed by atoms with Gasteiger partial charge >= 0.3 is 0 Å². The molecule has 0 saturated carbocycles. The van der Waals surface area contributed by atoms with Gasteiger partial charge in [0.25, 0.3) is 5.56 Å². The number of benzene rings is 1. The number of hydrogen-bond acceptors (Lipinski definition) is 3. The van der Waals surface area contributed by atoms with E-state index in [0.717, 1.165) is 20.8 Å². The molecule has 0 atom stereocenters. The van der Waals surface area contributed by atoms with Crippen LogP contribution in [-0.2, 0) is 0 Å². The number of H-pyrrole nitrogens is 1. The second-order valence-electron chi connectivity index (χ2n) is 5.04. The molecular formula is C15H13FN2OS2. The number of thiophene rings is 1. The minimum absolute atomic E-state index is 0.208. The summed E-state index contributed by atoms with van der Waals surface area (Å²) in [6.45, 7) is 5.66. The first-order valence-electron chi connectivity index (χ1n) is 6.41. The van der Waals surface area contributed by atoms with Crippen LogP contribution in [0, 0.1) is 31.4 Å². The highest BCUT2D eigenvalue weighted by Gasteiger charge is 2.14. The minimum Gasteiger partial charge on any atom is -0.323 e. The molecule has 0 aliphatic heterocycles. The highest BCUT2D eigenvalue weighted by atomic mass is 32.1.